The molecule has 0 aliphatic rings. The minimum absolute atomic E-state index is 0.129. The number of esters is 2. The second-order valence-corrected chi connectivity index (χ2v) is 5.10. The van der Waals surface area contributed by atoms with E-state index in [1.165, 1.54) is 19.2 Å². The van der Waals surface area contributed by atoms with Crippen LogP contribution in [-0.4, -0.2) is 24.0 Å². The van der Waals surface area contributed by atoms with Crippen LogP contribution in [0.15, 0.2) is 65.2 Å². The van der Waals surface area contributed by atoms with Gasteiger partial charge in [-0.05, 0) is 12.1 Å². The van der Waals surface area contributed by atoms with E-state index in [9.17, 15) is 9.59 Å². The molecule has 2 aromatic carbocycles. The first kappa shape index (κ1) is 16.4. The Kier molecular flexibility index (Phi) is 4.89. The number of ether oxygens (including phenoxy) is 2. The highest BCUT2D eigenvalue weighted by atomic mass is 16.5. The molecular formula is C19H15NO5. The minimum atomic E-state index is -0.652. The van der Waals surface area contributed by atoms with Crippen molar-refractivity contribution in [2.75, 3.05) is 7.11 Å². The molecule has 6 heteroatoms. The molecule has 126 valence electrons. The molecule has 25 heavy (non-hydrogen) atoms. The fraction of sp³-hybridized carbons (Fsp3) is 0.105. The lowest BCUT2D eigenvalue weighted by atomic mass is 10.1. The Morgan fingerprint density at radius 2 is 1.60 bits per heavy atom. The van der Waals surface area contributed by atoms with Gasteiger partial charge in [-0.1, -0.05) is 42.5 Å². The van der Waals surface area contributed by atoms with Crippen LogP contribution in [0.1, 0.15) is 26.6 Å². The predicted molar refractivity (Wildman–Crippen MR) is 88.8 cm³/mol. The highest BCUT2D eigenvalue weighted by Crippen LogP contribution is 2.20. The maximum atomic E-state index is 12.2. The van der Waals surface area contributed by atoms with Crippen LogP contribution in [0.4, 0.5) is 0 Å². The Balaban J connectivity index is 1.70. The van der Waals surface area contributed by atoms with E-state index in [0.717, 1.165) is 5.56 Å². The molecule has 0 aliphatic heterocycles. The molecule has 0 atom stereocenters. The lowest BCUT2D eigenvalue weighted by molar-refractivity contribution is 0.0427. The molecule has 0 fully saturated rings. The number of carbonyl (C=O) groups excluding carboxylic acids is 2. The number of carbonyl (C=O) groups is 2. The van der Waals surface area contributed by atoms with Crippen LogP contribution in [-0.2, 0) is 16.1 Å². The van der Waals surface area contributed by atoms with Crippen LogP contribution in [0.5, 0.6) is 0 Å². The Hall–Kier alpha value is -3.41. The van der Waals surface area contributed by atoms with Crippen LogP contribution in [0, 0.1) is 0 Å². The van der Waals surface area contributed by atoms with Gasteiger partial charge in [0.15, 0.2) is 12.4 Å². The summed E-state index contributed by atoms with van der Waals surface area (Å²) in [6.45, 7) is -0.138. The van der Waals surface area contributed by atoms with Crippen LogP contribution in [0.3, 0.4) is 0 Å². The minimum Gasteiger partial charge on any atom is -0.465 e. The van der Waals surface area contributed by atoms with Crippen LogP contribution >= 0.6 is 0 Å². The maximum absolute atomic E-state index is 12.2. The number of rotatable bonds is 5. The molecule has 3 rings (SSSR count). The van der Waals surface area contributed by atoms with E-state index in [1.807, 2.05) is 30.3 Å². The summed E-state index contributed by atoms with van der Waals surface area (Å²) < 4.78 is 15.4. The number of methoxy groups -OCH3 is 1. The van der Waals surface area contributed by atoms with Gasteiger partial charge in [-0.3, -0.25) is 0 Å². The summed E-state index contributed by atoms with van der Waals surface area (Å²) in [5.74, 6) is -0.403. The lowest BCUT2D eigenvalue weighted by Gasteiger charge is -2.07. The average molecular weight is 337 g/mol. The first-order chi connectivity index (χ1) is 12.2. The van der Waals surface area contributed by atoms with Crippen molar-refractivity contribution in [2.24, 2.45) is 0 Å². The zero-order valence-corrected chi connectivity index (χ0v) is 13.5. The SMILES string of the molecule is COC(=O)c1ccccc1C(=O)OCc1ncc(-c2ccccc2)o1. The van der Waals surface area contributed by atoms with Crippen molar-refractivity contribution in [3.8, 4) is 11.3 Å². The molecular weight excluding hydrogens is 322 g/mol. The molecule has 1 heterocycles. The fourth-order valence-corrected chi connectivity index (χ4v) is 2.27. The Morgan fingerprint density at radius 3 is 2.28 bits per heavy atom. The van der Waals surface area contributed by atoms with Gasteiger partial charge in [0.1, 0.15) is 0 Å². The quantitative estimate of drug-likeness (QED) is 0.663. The number of benzene rings is 2. The highest BCUT2D eigenvalue weighted by molar-refractivity contribution is 6.03. The monoisotopic (exact) mass is 337 g/mol. The third-order valence-corrected chi connectivity index (χ3v) is 3.49. The molecule has 3 aromatic rings. The number of oxazole rings is 1. The molecule has 0 spiro atoms. The molecule has 0 saturated heterocycles. The fourth-order valence-electron chi connectivity index (χ4n) is 2.27. The number of aromatic nitrogens is 1. The van der Waals surface area contributed by atoms with Crippen molar-refractivity contribution in [3.63, 3.8) is 0 Å². The van der Waals surface area contributed by atoms with Crippen LogP contribution < -0.4 is 0 Å². The van der Waals surface area contributed by atoms with Crippen LogP contribution in [0.2, 0.25) is 0 Å². The number of hydrogen-bond acceptors (Lipinski definition) is 6. The Bertz CT molecular complexity index is 886. The van der Waals surface area contributed by atoms with Crippen molar-refractivity contribution in [1.29, 1.82) is 0 Å². The van der Waals surface area contributed by atoms with E-state index < -0.39 is 11.9 Å². The second kappa shape index (κ2) is 7.44. The van der Waals surface area contributed by atoms with Gasteiger partial charge in [0.2, 0.25) is 5.89 Å². The molecule has 0 unspecified atom stereocenters. The summed E-state index contributed by atoms with van der Waals surface area (Å²) in [4.78, 5) is 28.0. The standard InChI is InChI=1S/C19H15NO5/c1-23-18(21)14-9-5-6-10-15(14)19(22)24-12-17-20-11-16(25-17)13-7-3-2-4-8-13/h2-11H,12H2,1H3. The molecule has 0 saturated carbocycles. The van der Waals surface area contributed by atoms with E-state index in [0.29, 0.717) is 5.76 Å². The van der Waals surface area contributed by atoms with Crippen molar-refractivity contribution in [2.45, 2.75) is 6.61 Å². The first-order valence-corrected chi connectivity index (χ1v) is 7.53. The Labute approximate surface area is 144 Å². The molecule has 0 aliphatic carbocycles. The summed E-state index contributed by atoms with van der Waals surface area (Å²) in [6.07, 6.45) is 1.57. The molecule has 6 nitrogen and oxygen atoms in total. The molecule has 0 amide bonds. The zero-order valence-electron chi connectivity index (χ0n) is 13.5. The molecule has 1 aromatic heterocycles. The number of nitrogens with zero attached hydrogens (tertiary/aromatic N) is 1. The smallest absolute Gasteiger partial charge is 0.339 e. The predicted octanol–water partition coefficient (Wildman–Crippen LogP) is 3.49. The Morgan fingerprint density at radius 1 is 0.960 bits per heavy atom. The second-order valence-electron chi connectivity index (χ2n) is 5.10. The van der Waals surface area contributed by atoms with Gasteiger partial charge in [0, 0.05) is 5.56 Å². The topological polar surface area (TPSA) is 78.6 Å². The van der Waals surface area contributed by atoms with Crippen molar-refractivity contribution in [3.05, 3.63) is 77.8 Å². The molecule has 0 N–H and O–H groups in total. The summed E-state index contributed by atoms with van der Waals surface area (Å²) in [6, 6.07) is 15.8. The lowest BCUT2D eigenvalue weighted by Crippen LogP contribution is -2.12. The van der Waals surface area contributed by atoms with Gasteiger partial charge in [-0.2, -0.15) is 0 Å². The summed E-state index contributed by atoms with van der Waals surface area (Å²) in [7, 11) is 1.25. The summed E-state index contributed by atoms with van der Waals surface area (Å²) in [5.41, 5.74) is 1.15. The summed E-state index contributed by atoms with van der Waals surface area (Å²) >= 11 is 0. The van der Waals surface area contributed by atoms with E-state index in [-0.39, 0.29) is 23.6 Å². The maximum Gasteiger partial charge on any atom is 0.339 e. The van der Waals surface area contributed by atoms with Crippen LogP contribution in [0.25, 0.3) is 11.3 Å². The van der Waals surface area contributed by atoms with Gasteiger partial charge in [0.25, 0.3) is 0 Å². The van der Waals surface area contributed by atoms with Crippen molar-refractivity contribution >= 4 is 11.9 Å². The van der Waals surface area contributed by atoms with Crippen molar-refractivity contribution < 1.29 is 23.5 Å². The van der Waals surface area contributed by atoms with Gasteiger partial charge in [-0.25, -0.2) is 14.6 Å². The number of hydrogen-bond donors (Lipinski definition) is 0. The highest BCUT2D eigenvalue weighted by Gasteiger charge is 2.19. The van der Waals surface area contributed by atoms with Gasteiger partial charge in [0.05, 0.1) is 24.4 Å². The largest absolute Gasteiger partial charge is 0.465 e. The van der Waals surface area contributed by atoms with E-state index in [4.69, 9.17) is 9.15 Å². The van der Waals surface area contributed by atoms with Gasteiger partial charge in [-0.15, -0.1) is 0 Å². The summed E-state index contributed by atoms with van der Waals surface area (Å²) in [5, 5.41) is 0. The zero-order chi connectivity index (χ0) is 17.6. The third-order valence-electron chi connectivity index (χ3n) is 3.49. The van der Waals surface area contributed by atoms with Crippen molar-refractivity contribution in [1.82, 2.24) is 4.98 Å². The van der Waals surface area contributed by atoms with Gasteiger partial charge >= 0.3 is 11.9 Å². The molecule has 0 bridgehead atoms. The van der Waals surface area contributed by atoms with Gasteiger partial charge < -0.3 is 13.9 Å². The van der Waals surface area contributed by atoms with E-state index in [2.05, 4.69) is 9.72 Å². The third kappa shape index (κ3) is 3.74. The molecule has 0 radical (unpaired) electrons. The van der Waals surface area contributed by atoms with E-state index in [1.54, 1.807) is 18.3 Å². The van der Waals surface area contributed by atoms with E-state index >= 15 is 0 Å². The average Bonchev–Trinajstić information content (AvgIpc) is 3.15. The first-order valence-electron chi connectivity index (χ1n) is 7.53. The normalized spacial score (nSPS) is 10.3.